The number of likely N-dealkylation sites (tertiary alicyclic amines) is 1. The first-order valence-corrected chi connectivity index (χ1v) is 6.74. The Hall–Kier alpha value is -1.55. The standard InChI is InChI=1S/C12H18F3N3O4.ClH/c1-2-3-16-11(22)17-9(19)6-18-4-7(10(20)21)8(5-18)12(13,14)15;/h7-8H,2-6H2,1H3,(H,20,21)(H2,16,17,19,22);1H/t7-,8-;/m1./s1. The molecule has 0 saturated carbocycles. The molecule has 3 N–H and O–H groups in total. The van der Waals surface area contributed by atoms with E-state index < -0.39 is 49.0 Å². The first kappa shape index (κ1) is 21.4. The summed E-state index contributed by atoms with van der Waals surface area (Å²) < 4.78 is 38.3. The van der Waals surface area contributed by atoms with Crippen molar-refractivity contribution >= 4 is 30.3 Å². The van der Waals surface area contributed by atoms with Crippen molar-refractivity contribution in [1.82, 2.24) is 15.5 Å². The zero-order valence-electron chi connectivity index (χ0n) is 12.4. The minimum atomic E-state index is -4.65. The summed E-state index contributed by atoms with van der Waals surface area (Å²) in [4.78, 5) is 34.8. The van der Waals surface area contributed by atoms with E-state index in [0.29, 0.717) is 13.0 Å². The van der Waals surface area contributed by atoms with E-state index in [4.69, 9.17) is 5.11 Å². The zero-order valence-corrected chi connectivity index (χ0v) is 13.2. The van der Waals surface area contributed by atoms with Crippen molar-refractivity contribution in [1.29, 1.82) is 0 Å². The van der Waals surface area contributed by atoms with Crippen LogP contribution >= 0.6 is 12.4 Å². The normalized spacial score (nSPS) is 21.4. The van der Waals surface area contributed by atoms with Crippen molar-refractivity contribution < 1.29 is 32.7 Å². The number of nitrogens with zero attached hydrogens (tertiary/aromatic N) is 1. The van der Waals surface area contributed by atoms with Crippen LogP contribution in [0.2, 0.25) is 0 Å². The van der Waals surface area contributed by atoms with Gasteiger partial charge < -0.3 is 10.4 Å². The molecule has 0 bridgehead atoms. The number of halogens is 4. The van der Waals surface area contributed by atoms with Gasteiger partial charge in [0.25, 0.3) is 0 Å². The number of urea groups is 1. The summed E-state index contributed by atoms with van der Waals surface area (Å²) >= 11 is 0. The molecule has 1 heterocycles. The van der Waals surface area contributed by atoms with Gasteiger partial charge in [0.15, 0.2) is 0 Å². The summed E-state index contributed by atoms with van der Waals surface area (Å²) in [6.45, 7) is 0.750. The first-order chi connectivity index (χ1) is 10.1. The number of aliphatic carboxylic acids is 1. The predicted octanol–water partition coefficient (Wildman–Crippen LogP) is 0.839. The van der Waals surface area contributed by atoms with Crippen LogP contribution in [0.25, 0.3) is 0 Å². The van der Waals surface area contributed by atoms with Gasteiger partial charge in [-0.15, -0.1) is 12.4 Å². The van der Waals surface area contributed by atoms with Crippen LogP contribution in [0, 0.1) is 11.8 Å². The molecule has 3 amide bonds. The quantitative estimate of drug-likeness (QED) is 0.674. The van der Waals surface area contributed by atoms with E-state index in [1.54, 1.807) is 0 Å². The van der Waals surface area contributed by atoms with E-state index in [9.17, 15) is 27.6 Å². The van der Waals surface area contributed by atoms with E-state index >= 15 is 0 Å². The van der Waals surface area contributed by atoms with Gasteiger partial charge in [0.2, 0.25) is 5.91 Å². The Bertz CT molecular complexity index is 448. The van der Waals surface area contributed by atoms with Gasteiger partial charge in [0.1, 0.15) is 0 Å². The molecule has 0 aliphatic carbocycles. The maximum absolute atomic E-state index is 12.8. The van der Waals surface area contributed by atoms with Gasteiger partial charge >= 0.3 is 18.2 Å². The lowest BCUT2D eigenvalue weighted by Gasteiger charge is -2.18. The number of alkyl halides is 3. The number of imide groups is 1. The third kappa shape index (κ3) is 6.61. The fourth-order valence-electron chi connectivity index (χ4n) is 2.25. The molecule has 23 heavy (non-hydrogen) atoms. The van der Waals surface area contributed by atoms with E-state index in [-0.39, 0.29) is 19.0 Å². The van der Waals surface area contributed by atoms with Crippen LogP contribution in [0.4, 0.5) is 18.0 Å². The molecule has 1 aliphatic heterocycles. The molecular formula is C12H19ClF3N3O4. The number of nitrogens with one attached hydrogen (secondary N) is 2. The highest BCUT2D eigenvalue weighted by Crippen LogP contribution is 2.37. The van der Waals surface area contributed by atoms with Gasteiger partial charge in [-0.05, 0) is 6.42 Å². The first-order valence-electron chi connectivity index (χ1n) is 6.74. The third-order valence-corrected chi connectivity index (χ3v) is 3.29. The summed E-state index contributed by atoms with van der Waals surface area (Å²) in [7, 11) is 0. The maximum Gasteiger partial charge on any atom is 0.393 e. The van der Waals surface area contributed by atoms with Crippen molar-refractivity contribution in [2.45, 2.75) is 19.5 Å². The fraction of sp³-hybridized carbons (Fsp3) is 0.750. The molecule has 0 aromatic carbocycles. The Morgan fingerprint density at radius 3 is 2.30 bits per heavy atom. The summed E-state index contributed by atoms with van der Waals surface area (Å²) in [5.74, 6) is -5.96. The molecule has 134 valence electrons. The van der Waals surface area contributed by atoms with Gasteiger partial charge in [-0.2, -0.15) is 13.2 Å². The van der Waals surface area contributed by atoms with E-state index in [1.807, 2.05) is 12.2 Å². The lowest BCUT2D eigenvalue weighted by Crippen LogP contribution is -2.44. The molecule has 0 aromatic heterocycles. The van der Waals surface area contributed by atoms with Gasteiger partial charge in [-0.3, -0.25) is 19.8 Å². The van der Waals surface area contributed by atoms with Crippen LogP contribution in [-0.2, 0) is 9.59 Å². The van der Waals surface area contributed by atoms with Crippen LogP contribution in [0.15, 0.2) is 0 Å². The number of rotatable bonds is 5. The topological polar surface area (TPSA) is 98.7 Å². The highest BCUT2D eigenvalue weighted by atomic mass is 35.5. The van der Waals surface area contributed by atoms with Crippen LogP contribution in [0.3, 0.4) is 0 Å². The Morgan fingerprint density at radius 2 is 1.87 bits per heavy atom. The van der Waals surface area contributed by atoms with Crippen molar-refractivity contribution in [2.24, 2.45) is 11.8 Å². The number of hydrogen-bond donors (Lipinski definition) is 3. The van der Waals surface area contributed by atoms with Gasteiger partial charge in [0, 0.05) is 19.6 Å². The number of carbonyl (C=O) groups excluding carboxylic acids is 2. The summed E-state index contributed by atoms with van der Waals surface area (Å²) in [6.07, 6.45) is -3.98. The Morgan fingerprint density at radius 1 is 1.26 bits per heavy atom. The number of hydrogen-bond acceptors (Lipinski definition) is 4. The maximum atomic E-state index is 12.8. The zero-order chi connectivity index (χ0) is 16.9. The Labute approximate surface area is 137 Å². The van der Waals surface area contributed by atoms with Crippen LogP contribution < -0.4 is 10.6 Å². The minimum absolute atomic E-state index is 0. The second kappa shape index (κ2) is 8.92. The Balaban J connectivity index is 0.00000484. The van der Waals surface area contributed by atoms with Crippen molar-refractivity contribution in [2.75, 3.05) is 26.2 Å². The Kier molecular flexibility index (Phi) is 8.32. The highest BCUT2D eigenvalue weighted by Gasteiger charge is 2.52. The lowest BCUT2D eigenvalue weighted by atomic mass is 9.96. The third-order valence-electron chi connectivity index (χ3n) is 3.29. The lowest BCUT2D eigenvalue weighted by molar-refractivity contribution is -0.188. The number of carboxylic acid groups (broad SMARTS) is 1. The van der Waals surface area contributed by atoms with Crippen molar-refractivity contribution in [3.63, 3.8) is 0 Å². The summed E-state index contributed by atoms with van der Waals surface area (Å²) in [5, 5.41) is 13.2. The fourth-order valence-corrected chi connectivity index (χ4v) is 2.25. The van der Waals surface area contributed by atoms with E-state index in [2.05, 4.69) is 5.32 Å². The second-order valence-electron chi connectivity index (χ2n) is 5.09. The highest BCUT2D eigenvalue weighted by molar-refractivity contribution is 5.95. The molecule has 0 aromatic rings. The van der Waals surface area contributed by atoms with Crippen LogP contribution in [0.1, 0.15) is 13.3 Å². The predicted molar refractivity (Wildman–Crippen MR) is 76.2 cm³/mol. The smallest absolute Gasteiger partial charge is 0.393 e. The largest absolute Gasteiger partial charge is 0.481 e. The molecule has 2 atom stereocenters. The molecular weight excluding hydrogens is 343 g/mol. The molecule has 1 saturated heterocycles. The monoisotopic (exact) mass is 361 g/mol. The molecule has 0 unspecified atom stereocenters. The molecule has 1 rings (SSSR count). The van der Waals surface area contributed by atoms with Crippen LogP contribution in [-0.4, -0.2) is 60.3 Å². The molecule has 1 aliphatic rings. The van der Waals surface area contributed by atoms with Gasteiger partial charge in [0.05, 0.1) is 18.4 Å². The van der Waals surface area contributed by atoms with Crippen LogP contribution in [0.5, 0.6) is 0 Å². The summed E-state index contributed by atoms with van der Waals surface area (Å²) in [6, 6.07) is -0.729. The second-order valence-corrected chi connectivity index (χ2v) is 5.09. The number of carbonyl (C=O) groups is 3. The van der Waals surface area contributed by atoms with Crippen molar-refractivity contribution in [3.8, 4) is 0 Å². The molecule has 1 fully saturated rings. The van der Waals surface area contributed by atoms with E-state index in [0.717, 1.165) is 4.90 Å². The molecule has 0 spiro atoms. The molecule has 7 nitrogen and oxygen atoms in total. The average Bonchev–Trinajstić information content (AvgIpc) is 2.80. The van der Waals surface area contributed by atoms with Crippen molar-refractivity contribution in [3.05, 3.63) is 0 Å². The average molecular weight is 362 g/mol. The van der Waals surface area contributed by atoms with Gasteiger partial charge in [-0.1, -0.05) is 6.92 Å². The minimum Gasteiger partial charge on any atom is -0.481 e. The molecule has 11 heteroatoms. The van der Waals surface area contributed by atoms with E-state index in [1.165, 1.54) is 0 Å². The number of amides is 3. The SMILES string of the molecule is CCCNC(=O)NC(=O)CN1C[C@@H](C(F)(F)F)[C@H](C(=O)O)C1.Cl. The van der Waals surface area contributed by atoms with Gasteiger partial charge in [-0.25, -0.2) is 4.79 Å². The molecule has 0 radical (unpaired) electrons. The number of carboxylic acids is 1. The summed E-state index contributed by atoms with van der Waals surface area (Å²) in [5.41, 5.74) is 0.